The van der Waals surface area contributed by atoms with Crippen LogP contribution in [0.2, 0.25) is 0 Å². The predicted molar refractivity (Wildman–Crippen MR) is 485 cm³/mol. The standard InChI is InChI=1S/C98H132N8O20S/c1-61-21-25-71(26-22-61)79-57-97(9,10)37-33-73(79)60-102-40-42-103(43-41-102)74-27-30-78(87(53-74)124-76-52-72-34-38-99-93(72)100-58-76)94(112)101-127(118,119)77-29-31-80(82(55-77)106(116)117)104(59-69-35-45-122-46-36-69)44-47-123-85-54-75-28-23-68(8)98(115,126-75)92(111)95(113)105-39-17-16-20-81(105)96(114)125-86(65(5)50-70-24-32-83(107)88(51-70)120-11)56-84(108)64(4)49-67(7)90(110)91(121-12)89(109)66(6)48-62(2)18-14-13-15-19-63(85)3/h13-15,18-19,21-22,25-27,29-31,34,38,49,52-53,55,58,62,64-66,68-70,75,81,83,85-86,88,90-91,107,110,115H,16-17,20,23-24,28,32-33,35-37,39-48,50-51,54,56-57,59-60H2,1-12H3,(H,99,100)(H,101,112)/b15-13+,18-14+,63-19-,67-49+/t62-,64-,65?,66-,68-,70-,75+,81+,83-,85+,86+,88-,90-,91+,98-/m1/s1. The van der Waals surface area contributed by atoms with Crippen molar-refractivity contribution in [1.82, 2.24) is 24.5 Å². The van der Waals surface area contributed by atoms with Gasteiger partial charge in [0.1, 0.15) is 53.0 Å². The summed E-state index contributed by atoms with van der Waals surface area (Å²) in [5, 5.41) is 49.4. The number of carbonyl (C=O) groups excluding carboxylic acids is 6. The lowest BCUT2D eigenvalue weighted by Gasteiger charge is -2.43. The Morgan fingerprint density at radius 3 is 2.32 bits per heavy atom. The zero-order chi connectivity index (χ0) is 91.2. The number of Topliss-reactive ketones (excluding diaryl/α,β-unsaturated/α-hetero) is 3. The quantitative estimate of drug-likeness (QED) is 0.0141. The molecule has 690 valence electrons. The number of allylic oxidation sites excluding steroid dienone is 7. The van der Waals surface area contributed by atoms with Crippen molar-refractivity contribution in [3.8, 4) is 11.5 Å². The Labute approximate surface area is 747 Å². The Hall–Kier alpha value is -9.14. The number of sulfonamides is 1. The van der Waals surface area contributed by atoms with E-state index in [0.29, 0.717) is 107 Å². The fourth-order valence-electron chi connectivity index (χ4n) is 19.3. The molecule has 2 amide bonds. The number of H-pyrrole nitrogens is 1. The van der Waals surface area contributed by atoms with Gasteiger partial charge >= 0.3 is 5.97 Å². The molecule has 4 saturated heterocycles. The number of rotatable bonds is 22. The van der Waals surface area contributed by atoms with Gasteiger partial charge in [-0.1, -0.05) is 120 Å². The minimum Gasteiger partial charge on any atom is -0.460 e. The van der Waals surface area contributed by atoms with Crippen LogP contribution in [0.3, 0.4) is 0 Å². The average Bonchev–Trinajstić information content (AvgIpc) is 1.26. The van der Waals surface area contributed by atoms with Crippen molar-refractivity contribution in [1.29, 1.82) is 0 Å². The number of piperazine rings is 1. The molecule has 2 bridgehead atoms. The first-order valence-corrected chi connectivity index (χ1v) is 47.0. The molecule has 0 radical (unpaired) electrons. The Balaban J connectivity index is 0.791. The SMILES string of the molecule is CO[C@@H]1C[C@@H](CC(C)[C@@H]2CC(=O)[C@H](C)/C=C(\C)[C@@H](O)[C@@H](OC)C(=O)[C@H](C)C[C@H](C)/C=C/C=C/C=C(/C)[C@@H](OCCN(CC3CCOCC3)c3ccc(S(=O)(=O)NC(=O)c4ccc(N5CCN(CC6=C(c7ccc(C)cc7)CC(C)(C)CC6)CC5)cc4Oc4cnc5[nH]ccc5c4)cc3[N+](=O)[O-])C[C@@H]3CC[C@@H](C)[C@@](O)(O3)C(=O)C(=O)N3CCCC[C@H]3C(=O)O2)CC[C@H]1O. The van der Waals surface area contributed by atoms with Crippen molar-refractivity contribution in [3.05, 3.63) is 165 Å². The van der Waals surface area contributed by atoms with Crippen LogP contribution in [0.15, 0.2) is 143 Å². The smallest absolute Gasteiger partial charge is 0.329 e. The van der Waals surface area contributed by atoms with Gasteiger partial charge in [-0.05, 0) is 205 Å². The number of anilines is 2. The van der Waals surface area contributed by atoms with Gasteiger partial charge in [0.15, 0.2) is 5.78 Å². The number of aromatic amines is 1. The molecule has 5 aromatic rings. The number of aliphatic hydroxyl groups excluding tert-OH is 2. The maximum atomic E-state index is 15.0. The summed E-state index contributed by atoms with van der Waals surface area (Å²) >= 11 is 0. The molecule has 12 rings (SSSR count). The number of ether oxygens (including phenoxy) is 7. The number of amides is 2. The number of aromatic nitrogens is 2. The fraction of sp³-hybridized carbons (Fsp3) is 0.582. The van der Waals surface area contributed by atoms with E-state index in [4.69, 9.17) is 33.2 Å². The van der Waals surface area contributed by atoms with Crippen LogP contribution in [0.4, 0.5) is 17.1 Å². The molecular weight excluding hydrogens is 1640 g/mol. The summed E-state index contributed by atoms with van der Waals surface area (Å²) in [6.45, 7) is 23.9. The number of benzene rings is 3. The number of hydrogen-bond acceptors (Lipinski definition) is 24. The number of fused-ring (bicyclic) bond motifs is 4. The van der Waals surface area contributed by atoms with Crippen molar-refractivity contribution in [3.63, 3.8) is 0 Å². The van der Waals surface area contributed by atoms with E-state index >= 15 is 4.79 Å². The first kappa shape index (κ1) is 96.9. The van der Waals surface area contributed by atoms with Gasteiger partial charge in [0.2, 0.25) is 5.79 Å². The number of aliphatic hydroxyl groups is 3. The highest BCUT2D eigenvalue weighted by Crippen LogP contribution is 2.45. The first-order valence-electron chi connectivity index (χ1n) is 45.5. The molecule has 2 aromatic heterocycles. The second-order valence-electron chi connectivity index (χ2n) is 37.5. The van der Waals surface area contributed by atoms with Gasteiger partial charge in [0.05, 0.1) is 52.6 Å². The van der Waals surface area contributed by atoms with Crippen molar-refractivity contribution in [2.45, 2.75) is 238 Å². The number of ketones is 3. The van der Waals surface area contributed by atoms with E-state index in [2.05, 4.69) is 69.5 Å². The van der Waals surface area contributed by atoms with Crippen LogP contribution >= 0.6 is 0 Å². The molecule has 5 N–H and O–H groups in total. The first-order chi connectivity index (χ1) is 60.6. The highest BCUT2D eigenvalue weighted by molar-refractivity contribution is 7.90. The second-order valence-corrected chi connectivity index (χ2v) is 39.2. The number of hydrogen-bond donors (Lipinski definition) is 5. The molecule has 7 heterocycles. The van der Waals surface area contributed by atoms with Crippen LogP contribution in [0.5, 0.6) is 11.5 Å². The average molecular weight is 1770 g/mol. The summed E-state index contributed by atoms with van der Waals surface area (Å²) in [5.41, 5.74) is 7.32. The minimum absolute atomic E-state index is 0.0181. The van der Waals surface area contributed by atoms with Crippen LogP contribution in [0.1, 0.15) is 193 Å². The van der Waals surface area contributed by atoms with Crippen molar-refractivity contribution >= 4 is 78.8 Å². The van der Waals surface area contributed by atoms with E-state index < -0.39 is 127 Å². The summed E-state index contributed by atoms with van der Waals surface area (Å²) in [5.74, 6) is -10.1. The van der Waals surface area contributed by atoms with Crippen molar-refractivity contribution in [2.75, 3.05) is 96.2 Å². The zero-order valence-corrected chi connectivity index (χ0v) is 76.7. The van der Waals surface area contributed by atoms with Gasteiger partial charge in [0, 0.05) is 140 Å². The third-order valence-corrected chi connectivity index (χ3v) is 28.6. The molecule has 28 nitrogen and oxygen atoms in total. The number of esters is 1. The number of nitrogens with zero attached hydrogens (tertiary/aromatic N) is 6. The van der Waals surface area contributed by atoms with Gasteiger partial charge < -0.3 is 68.2 Å². The number of carbonyl (C=O) groups is 6. The number of pyridine rings is 1. The van der Waals surface area contributed by atoms with Gasteiger partial charge in [-0.25, -0.2) is 22.9 Å². The summed E-state index contributed by atoms with van der Waals surface area (Å²) in [6, 6.07) is 19.7. The van der Waals surface area contributed by atoms with E-state index in [1.54, 1.807) is 76.3 Å². The lowest BCUT2D eigenvalue weighted by molar-refractivity contribution is -0.384. The number of cyclic esters (lactones) is 1. The molecule has 5 aliphatic heterocycles. The fourth-order valence-corrected chi connectivity index (χ4v) is 20.3. The van der Waals surface area contributed by atoms with E-state index in [0.717, 1.165) is 60.9 Å². The van der Waals surface area contributed by atoms with Gasteiger partial charge in [-0.2, -0.15) is 0 Å². The molecule has 3 aromatic carbocycles. The molecular formula is C98H132N8O20S. The van der Waals surface area contributed by atoms with Gasteiger partial charge in [-0.15, -0.1) is 0 Å². The highest BCUT2D eigenvalue weighted by atomic mass is 32.2. The van der Waals surface area contributed by atoms with E-state index in [1.165, 1.54) is 53.8 Å². The zero-order valence-electron chi connectivity index (χ0n) is 75.9. The highest BCUT2D eigenvalue weighted by Gasteiger charge is 2.54. The third-order valence-electron chi connectivity index (χ3n) is 27.3. The molecule has 15 atom stereocenters. The Bertz CT molecular complexity index is 4990. The largest absolute Gasteiger partial charge is 0.460 e. The Morgan fingerprint density at radius 2 is 1.59 bits per heavy atom. The summed E-state index contributed by atoms with van der Waals surface area (Å²) < 4.78 is 75.0. The van der Waals surface area contributed by atoms with Gasteiger partial charge in [-0.3, -0.25) is 39.0 Å². The summed E-state index contributed by atoms with van der Waals surface area (Å²) in [4.78, 5) is 116. The summed E-state index contributed by atoms with van der Waals surface area (Å²) in [7, 11) is -1.97. The van der Waals surface area contributed by atoms with Crippen LogP contribution in [-0.4, -0.2) is 225 Å². The van der Waals surface area contributed by atoms with Crippen molar-refractivity contribution in [2.24, 2.45) is 46.8 Å². The lowest BCUT2D eigenvalue weighted by Crippen LogP contribution is -2.61. The number of methoxy groups -OCH3 is 2. The monoisotopic (exact) mass is 1770 g/mol. The third kappa shape index (κ3) is 24.7. The van der Waals surface area contributed by atoms with E-state index in [9.17, 15) is 57.8 Å². The topological polar surface area (TPSA) is 359 Å². The van der Waals surface area contributed by atoms with Crippen LogP contribution in [0, 0.1) is 63.9 Å². The lowest BCUT2D eigenvalue weighted by atomic mass is 9.72. The number of nitrogens with one attached hydrogen (secondary N) is 2. The Morgan fingerprint density at radius 1 is 0.835 bits per heavy atom. The molecule has 5 fully saturated rings. The Kier molecular flexibility index (Phi) is 33.2. The van der Waals surface area contributed by atoms with E-state index in [1.807, 2.05) is 51.1 Å². The second kappa shape index (κ2) is 43.5. The van der Waals surface area contributed by atoms with Crippen LogP contribution in [0.25, 0.3) is 16.6 Å². The minimum atomic E-state index is -4.86. The number of piperidine rings is 1. The van der Waals surface area contributed by atoms with Crippen molar-refractivity contribution < 1.29 is 90.6 Å². The molecule has 127 heavy (non-hydrogen) atoms. The predicted octanol–water partition coefficient (Wildman–Crippen LogP) is 14.3. The molecule has 1 saturated carbocycles. The molecule has 29 heteroatoms. The molecule has 1 unspecified atom stereocenters. The molecule has 0 spiro atoms. The maximum absolute atomic E-state index is 15.0. The number of nitro groups is 1. The van der Waals surface area contributed by atoms with Crippen LogP contribution in [-0.2, 0) is 62.4 Å². The normalized spacial score (nSPS) is 29.4. The maximum Gasteiger partial charge on any atom is 0.329 e. The van der Waals surface area contributed by atoms with E-state index in [-0.39, 0.29) is 109 Å². The molecule has 7 aliphatic rings. The van der Waals surface area contributed by atoms with Crippen LogP contribution < -0.4 is 19.3 Å². The summed E-state index contributed by atoms with van der Waals surface area (Å²) in [6.07, 6.45) is 15.8. The number of nitro benzene ring substituents is 1. The number of aryl methyl sites for hydroxylation is 1. The molecule has 2 aliphatic carbocycles. The van der Waals surface area contributed by atoms with Gasteiger partial charge in [0.25, 0.3) is 33.3 Å².